The second-order valence-corrected chi connectivity index (χ2v) is 7.20. The molecule has 0 bridgehead atoms. The summed E-state index contributed by atoms with van der Waals surface area (Å²) in [5.41, 5.74) is 2.17. The summed E-state index contributed by atoms with van der Waals surface area (Å²) in [6.45, 7) is -0.0946. The maximum Gasteiger partial charge on any atom is 0.244 e. The Kier molecular flexibility index (Phi) is 6.11. The van der Waals surface area contributed by atoms with Crippen LogP contribution in [0.15, 0.2) is 42.6 Å². The minimum atomic E-state index is -0.345. The molecule has 0 spiro atoms. The second kappa shape index (κ2) is 8.54. The van der Waals surface area contributed by atoms with Crippen molar-refractivity contribution in [1.29, 1.82) is 0 Å². The number of nitrogens with one attached hydrogen (secondary N) is 2. The van der Waals surface area contributed by atoms with E-state index in [4.69, 9.17) is 27.9 Å². The van der Waals surface area contributed by atoms with Crippen molar-refractivity contribution in [2.24, 2.45) is 0 Å². The molecule has 28 heavy (non-hydrogen) atoms. The van der Waals surface area contributed by atoms with Gasteiger partial charge in [0.2, 0.25) is 11.8 Å². The molecule has 0 aliphatic rings. The van der Waals surface area contributed by atoms with Gasteiger partial charge in [-0.1, -0.05) is 29.3 Å². The molecule has 0 aliphatic heterocycles. The zero-order valence-corrected chi connectivity index (χ0v) is 16.9. The van der Waals surface area contributed by atoms with Crippen LogP contribution in [0.3, 0.4) is 0 Å². The number of H-pyrrole nitrogens is 1. The minimum Gasteiger partial charge on any atom is -0.495 e. The van der Waals surface area contributed by atoms with Crippen LogP contribution in [0.2, 0.25) is 10.0 Å². The van der Waals surface area contributed by atoms with E-state index in [0.717, 1.165) is 16.5 Å². The highest BCUT2D eigenvalue weighted by Gasteiger charge is 2.17. The number of nitrogens with zero attached hydrogens (tertiary/aromatic N) is 1. The highest BCUT2D eigenvalue weighted by Crippen LogP contribution is 2.27. The Balaban J connectivity index is 1.63. The van der Waals surface area contributed by atoms with Crippen molar-refractivity contribution < 1.29 is 14.3 Å². The zero-order valence-electron chi connectivity index (χ0n) is 15.4. The molecule has 0 saturated carbocycles. The Morgan fingerprint density at radius 2 is 1.86 bits per heavy atom. The monoisotopic (exact) mass is 419 g/mol. The number of halogens is 2. The Morgan fingerprint density at radius 3 is 2.61 bits per heavy atom. The summed E-state index contributed by atoms with van der Waals surface area (Å²) in [6.07, 6.45) is 1.95. The first kappa shape index (κ1) is 20.0. The topological polar surface area (TPSA) is 74.4 Å². The third-order valence-electron chi connectivity index (χ3n) is 4.31. The Morgan fingerprint density at radius 1 is 1.14 bits per heavy atom. The average molecular weight is 420 g/mol. The van der Waals surface area contributed by atoms with Crippen molar-refractivity contribution >= 4 is 51.6 Å². The fourth-order valence-corrected chi connectivity index (χ4v) is 3.22. The third kappa shape index (κ3) is 4.58. The van der Waals surface area contributed by atoms with Gasteiger partial charge in [-0.05, 0) is 35.9 Å². The van der Waals surface area contributed by atoms with Gasteiger partial charge in [-0.15, -0.1) is 0 Å². The van der Waals surface area contributed by atoms with Crippen LogP contribution in [-0.4, -0.2) is 42.4 Å². The van der Waals surface area contributed by atoms with Crippen molar-refractivity contribution in [2.75, 3.05) is 26.0 Å². The number of carbonyl (C=O) groups excluding carboxylic acids is 2. The number of carbonyl (C=O) groups is 2. The summed E-state index contributed by atoms with van der Waals surface area (Å²) < 4.78 is 5.21. The third-order valence-corrected chi connectivity index (χ3v) is 4.78. The van der Waals surface area contributed by atoms with Crippen molar-refractivity contribution in [3.63, 3.8) is 0 Å². The van der Waals surface area contributed by atoms with Crippen LogP contribution in [0.4, 0.5) is 5.69 Å². The molecule has 2 N–H and O–H groups in total. The van der Waals surface area contributed by atoms with E-state index in [9.17, 15) is 9.59 Å². The first-order valence-electron chi connectivity index (χ1n) is 8.50. The van der Waals surface area contributed by atoms with Crippen molar-refractivity contribution in [1.82, 2.24) is 9.88 Å². The first-order valence-corrected chi connectivity index (χ1v) is 9.26. The van der Waals surface area contributed by atoms with Gasteiger partial charge in [0, 0.05) is 34.2 Å². The fraction of sp³-hybridized carbons (Fsp3) is 0.200. The standard InChI is InChI=1S/C20H19Cl2N3O3/c1-25(11-19(26)24-17-9-14(22)4-6-18(17)28-2)20(27)7-12-10-23-16-8-13(21)3-5-15(12)16/h3-6,8-10,23H,7,11H2,1-2H3,(H,24,26). The van der Waals surface area contributed by atoms with E-state index < -0.39 is 0 Å². The highest BCUT2D eigenvalue weighted by molar-refractivity contribution is 6.31. The smallest absolute Gasteiger partial charge is 0.244 e. The predicted molar refractivity (Wildman–Crippen MR) is 111 cm³/mol. The number of benzene rings is 2. The molecule has 0 saturated heterocycles. The number of aromatic nitrogens is 1. The van der Waals surface area contributed by atoms with Crippen molar-refractivity contribution in [3.8, 4) is 5.75 Å². The van der Waals surface area contributed by atoms with E-state index in [1.54, 1.807) is 43.6 Å². The number of ether oxygens (including phenoxy) is 1. The van der Waals surface area contributed by atoms with Crippen LogP contribution in [-0.2, 0) is 16.0 Å². The summed E-state index contributed by atoms with van der Waals surface area (Å²) in [5, 5.41) is 4.74. The largest absolute Gasteiger partial charge is 0.495 e. The molecule has 0 fully saturated rings. The normalized spacial score (nSPS) is 10.7. The van der Waals surface area contributed by atoms with Gasteiger partial charge in [-0.2, -0.15) is 0 Å². The van der Waals surface area contributed by atoms with Gasteiger partial charge in [0.05, 0.1) is 25.8 Å². The van der Waals surface area contributed by atoms with Crippen molar-refractivity contribution in [2.45, 2.75) is 6.42 Å². The lowest BCUT2D eigenvalue weighted by Crippen LogP contribution is -2.35. The second-order valence-electron chi connectivity index (χ2n) is 6.32. The lowest BCUT2D eigenvalue weighted by atomic mass is 10.1. The Bertz CT molecular complexity index is 1030. The molecule has 0 unspecified atom stereocenters. The summed E-state index contributed by atoms with van der Waals surface area (Å²) in [5.74, 6) is -0.0321. The van der Waals surface area contributed by atoms with Gasteiger partial charge in [-0.3, -0.25) is 9.59 Å². The maximum atomic E-state index is 12.5. The molecule has 3 aromatic rings. The van der Waals surface area contributed by atoms with E-state index >= 15 is 0 Å². The number of aromatic amines is 1. The number of hydrogen-bond acceptors (Lipinski definition) is 3. The molecule has 8 heteroatoms. The lowest BCUT2D eigenvalue weighted by molar-refractivity contribution is -0.132. The first-order chi connectivity index (χ1) is 13.4. The molecule has 0 radical (unpaired) electrons. The van der Waals surface area contributed by atoms with Crippen molar-refractivity contribution in [3.05, 3.63) is 58.2 Å². The number of methoxy groups -OCH3 is 1. The summed E-state index contributed by atoms with van der Waals surface area (Å²) in [6, 6.07) is 10.4. The number of amides is 2. The van der Waals surface area contributed by atoms with Gasteiger partial charge < -0.3 is 19.9 Å². The molecule has 0 aliphatic carbocycles. The summed E-state index contributed by atoms with van der Waals surface area (Å²) in [7, 11) is 3.09. The number of likely N-dealkylation sites (N-methyl/N-ethyl adjacent to an activating group) is 1. The van der Waals surface area contributed by atoms with Crippen LogP contribution in [0, 0.1) is 0 Å². The Labute approximate surface area is 172 Å². The molecular weight excluding hydrogens is 401 g/mol. The van der Waals surface area contributed by atoms with Gasteiger partial charge in [0.1, 0.15) is 5.75 Å². The molecule has 1 aromatic heterocycles. The number of anilines is 1. The molecule has 2 amide bonds. The van der Waals surface area contributed by atoms with Crippen LogP contribution >= 0.6 is 23.2 Å². The van der Waals surface area contributed by atoms with E-state index in [1.807, 2.05) is 6.07 Å². The number of rotatable bonds is 6. The number of fused-ring (bicyclic) bond motifs is 1. The van der Waals surface area contributed by atoms with Crippen LogP contribution in [0.25, 0.3) is 10.9 Å². The molecule has 2 aromatic carbocycles. The predicted octanol–water partition coefficient (Wildman–Crippen LogP) is 4.12. The Hall–Kier alpha value is -2.70. The summed E-state index contributed by atoms with van der Waals surface area (Å²) >= 11 is 12.0. The van der Waals surface area contributed by atoms with E-state index in [1.165, 1.54) is 12.0 Å². The molecule has 1 heterocycles. The molecular formula is C20H19Cl2N3O3. The maximum absolute atomic E-state index is 12.5. The van der Waals surface area contributed by atoms with E-state index in [2.05, 4.69) is 10.3 Å². The van der Waals surface area contributed by atoms with Crippen LogP contribution in [0.5, 0.6) is 5.75 Å². The zero-order chi connectivity index (χ0) is 20.3. The van der Waals surface area contributed by atoms with Crippen LogP contribution in [0.1, 0.15) is 5.56 Å². The lowest BCUT2D eigenvalue weighted by Gasteiger charge is -2.17. The van der Waals surface area contributed by atoms with E-state index in [0.29, 0.717) is 21.5 Å². The van der Waals surface area contributed by atoms with Gasteiger partial charge in [0.15, 0.2) is 0 Å². The average Bonchev–Trinajstić information content (AvgIpc) is 3.03. The highest BCUT2D eigenvalue weighted by atomic mass is 35.5. The quantitative estimate of drug-likeness (QED) is 0.630. The molecule has 6 nitrogen and oxygen atoms in total. The summed E-state index contributed by atoms with van der Waals surface area (Å²) in [4.78, 5) is 29.4. The van der Waals surface area contributed by atoms with E-state index in [-0.39, 0.29) is 24.8 Å². The molecule has 3 rings (SSSR count). The number of hydrogen-bond donors (Lipinski definition) is 2. The van der Waals surface area contributed by atoms with Gasteiger partial charge in [-0.25, -0.2) is 0 Å². The fourth-order valence-electron chi connectivity index (χ4n) is 2.87. The SMILES string of the molecule is COc1ccc(Cl)cc1NC(=O)CN(C)C(=O)Cc1c[nH]c2cc(Cl)ccc12. The molecule has 0 atom stereocenters. The van der Waals surface area contributed by atoms with Gasteiger partial charge in [0.25, 0.3) is 0 Å². The van der Waals surface area contributed by atoms with Crippen LogP contribution < -0.4 is 10.1 Å². The minimum absolute atomic E-state index is 0.0946. The van der Waals surface area contributed by atoms with Gasteiger partial charge >= 0.3 is 0 Å². The molecule has 146 valence electrons.